The van der Waals surface area contributed by atoms with Gasteiger partial charge < -0.3 is 15.5 Å². The highest BCUT2D eigenvalue weighted by Gasteiger charge is 2.23. The number of rotatable bonds is 3. The zero-order valence-corrected chi connectivity index (χ0v) is 14.0. The number of benzene rings is 1. The van der Waals surface area contributed by atoms with Crippen molar-refractivity contribution in [3.05, 3.63) is 40.2 Å². The van der Waals surface area contributed by atoms with Gasteiger partial charge in [-0.25, -0.2) is 4.39 Å². The Bertz CT molecular complexity index is 718. The number of halogens is 1. The van der Waals surface area contributed by atoms with E-state index < -0.39 is 5.91 Å². The molecule has 2 aromatic rings. The molecule has 1 amide bonds. The Kier molecular flexibility index (Phi) is 4.21. The molecule has 2 N–H and O–H groups in total. The molecule has 7 heteroatoms. The van der Waals surface area contributed by atoms with Crippen molar-refractivity contribution in [2.24, 2.45) is 5.73 Å². The smallest absolute Gasteiger partial charge is 0.248 e. The highest BCUT2D eigenvalue weighted by Crippen LogP contribution is 2.30. The Hall–Kier alpha value is -2.15. The van der Waals surface area contributed by atoms with Gasteiger partial charge in [0.15, 0.2) is 0 Å². The summed E-state index contributed by atoms with van der Waals surface area (Å²) in [5.41, 5.74) is 8.30. The summed E-state index contributed by atoms with van der Waals surface area (Å²) in [7, 11) is 0. The van der Waals surface area contributed by atoms with E-state index >= 15 is 0 Å². The van der Waals surface area contributed by atoms with Gasteiger partial charge in [-0.3, -0.25) is 4.79 Å². The van der Waals surface area contributed by atoms with E-state index in [2.05, 4.69) is 16.2 Å². The molecule has 1 aromatic carbocycles. The summed E-state index contributed by atoms with van der Waals surface area (Å²) in [6, 6.07) is 4.26. The summed E-state index contributed by atoms with van der Waals surface area (Å²) in [5, 5.41) is 0. The quantitative estimate of drug-likeness (QED) is 0.936. The molecule has 1 aromatic heterocycles. The number of hydrogen-bond donors (Lipinski definition) is 1. The van der Waals surface area contributed by atoms with Crippen LogP contribution in [0.25, 0.3) is 0 Å². The molecule has 0 aliphatic carbocycles. The Morgan fingerprint density at radius 1 is 1.22 bits per heavy atom. The van der Waals surface area contributed by atoms with Gasteiger partial charge in [0.2, 0.25) is 5.91 Å². The lowest BCUT2D eigenvalue weighted by atomic mass is 10.1. The molecule has 2 heterocycles. The normalized spacial score (nSPS) is 15.1. The molecule has 1 aliphatic heterocycles. The first-order valence-corrected chi connectivity index (χ1v) is 8.27. The van der Waals surface area contributed by atoms with Crippen molar-refractivity contribution >= 4 is 28.8 Å². The summed E-state index contributed by atoms with van der Waals surface area (Å²) in [4.78, 5) is 16.8. The van der Waals surface area contributed by atoms with Crippen LogP contribution in [-0.2, 0) is 0 Å². The third-order valence-corrected chi connectivity index (χ3v) is 5.00. The predicted molar refractivity (Wildman–Crippen MR) is 90.9 cm³/mol. The highest BCUT2D eigenvalue weighted by molar-refractivity contribution is 7.06. The number of nitrogens with two attached hydrogens (primary N) is 1. The van der Waals surface area contributed by atoms with Crippen molar-refractivity contribution < 1.29 is 9.18 Å². The Morgan fingerprint density at radius 3 is 2.43 bits per heavy atom. The monoisotopic (exact) mass is 334 g/mol. The van der Waals surface area contributed by atoms with E-state index in [0.717, 1.165) is 18.8 Å². The minimum atomic E-state index is -0.541. The van der Waals surface area contributed by atoms with Crippen LogP contribution < -0.4 is 15.5 Å². The van der Waals surface area contributed by atoms with Crippen LogP contribution in [0.2, 0.25) is 0 Å². The molecule has 0 unspecified atom stereocenters. The maximum absolute atomic E-state index is 14.1. The van der Waals surface area contributed by atoms with Gasteiger partial charge in [0, 0.05) is 36.6 Å². The molecule has 0 spiro atoms. The maximum atomic E-state index is 14.1. The molecule has 23 heavy (non-hydrogen) atoms. The predicted octanol–water partition coefficient (Wildman–Crippen LogP) is 2.32. The van der Waals surface area contributed by atoms with Gasteiger partial charge in [-0.15, -0.1) is 0 Å². The lowest BCUT2D eigenvalue weighted by Gasteiger charge is -2.37. The number of primary amides is 1. The van der Waals surface area contributed by atoms with Crippen molar-refractivity contribution in [3.8, 4) is 0 Å². The van der Waals surface area contributed by atoms with Crippen molar-refractivity contribution in [2.45, 2.75) is 13.8 Å². The van der Waals surface area contributed by atoms with E-state index in [4.69, 9.17) is 5.73 Å². The summed E-state index contributed by atoms with van der Waals surface area (Å²) >= 11 is 1.51. The second-order valence-corrected chi connectivity index (χ2v) is 6.65. The van der Waals surface area contributed by atoms with Gasteiger partial charge in [-0.2, -0.15) is 4.37 Å². The number of nitrogens with zero attached hydrogens (tertiary/aromatic N) is 3. The van der Waals surface area contributed by atoms with Crippen LogP contribution in [0.4, 0.5) is 15.8 Å². The molecule has 0 bridgehead atoms. The van der Waals surface area contributed by atoms with Gasteiger partial charge in [-0.05, 0) is 43.6 Å². The number of anilines is 2. The van der Waals surface area contributed by atoms with Crippen molar-refractivity contribution in [1.82, 2.24) is 4.37 Å². The van der Waals surface area contributed by atoms with E-state index in [1.165, 1.54) is 40.3 Å². The van der Waals surface area contributed by atoms with Crippen molar-refractivity contribution in [1.29, 1.82) is 0 Å². The summed E-state index contributed by atoms with van der Waals surface area (Å²) < 4.78 is 18.5. The molecule has 0 saturated carbocycles. The van der Waals surface area contributed by atoms with Crippen LogP contribution in [0.3, 0.4) is 0 Å². The number of aryl methyl sites for hydroxylation is 2. The molecule has 0 atom stereocenters. The van der Waals surface area contributed by atoms with E-state index in [-0.39, 0.29) is 5.82 Å². The molecule has 1 fully saturated rings. The molecule has 122 valence electrons. The fourth-order valence-corrected chi connectivity index (χ4v) is 3.73. The molecule has 0 radical (unpaired) electrons. The first-order valence-electron chi connectivity index (χ1n) is 7.49. The number of piperazine rings is 1. The SMILES string of the molecule is Cc1nsc(C)c1N1CCN(c2cc(C(N)=O)ccc2F)CC1. The Morgan fingerprint density at radius 2 is 1.87 bits per heavy atom. The van der Waals surface area contributed by atoms with Gasteiger partial charge >= 0.3 is 0 Å². The zero-order valence-electron chi connectivity index (χ0n) is 13.2. The second kappa shape index (κ2) is 6.16. The molecular formula is C16H19FN4OS. The first kappa shape index (κ1) is 15.7. The van der Waals surface area contributed by atoms with E-state index in [1.54, 1.807) is 0 Å². The van der Waals surface area contributed by atoms with Gasteiger partial charge in [0.25, 0.3) is 0 Å². The summed E-state index contributed by atoms with van der Waals surface area (Å²) in [5.74, 6) is -0.867. The minimum absolute atomic E-state index is 0.326. The average molecular weight is 334 g/mol. The third kappa shape index (κ3) is 3.01. The number of carbonyl (C=O) groups is 1. The van der Waals surface area contributed by atoms with Crippen LogP contribution in [0, 0.1) is 19.7 Å². The van der Waals surface area contributed by atoms with E-state index in [9.17, 15) is 9.18 Å². The van der Waals surface area contributed by atoms with Crippen LogP contribution in [0.15, 0.2) is 18.2 Å². The molecule has 3 rings (SSSR count). The van der Waals surface area contributed by atoms with Crippen LogP contribution in [0.5, 0.6) is 0 Å². The largest absolute Gasteiger partial charge is 0.366 e. The number of hydrogen-bond acceptors (Lipinski definition) is 5. The zero-order chi connectivity index (χ0) is 16.6. The molecular weight excluding hydrogens is 315 g/mol. The van der Waals surface area contributed by atoms with E-state index in [0.29, 0.717) is 24.3 Å². The lowest BCUT2D eigenvalue weighted by molar-refractivity contribution is 0.100. The second-order valence-electron chi connectivity index (χ2n) is 5.68. The van der Waals surface area contributed by atoms with Crippen LogP contribution >= 0.6 is 11.5 Å². The fraction of sp³-hybridized carbons (Fsp3) is 0.375. The standard InChI is InChI=1S/C16H19FN4OS/c1-10-15(11(2)23-19-10)21-7-5-20(6-8-21)14-9-12(16(18)22)3-4-13(14)17/h3-4,9H,5-8H2,1-2H3,(H2,18,22). The average Bonchev–Trinajstić information content (AvgIpc) is 2.87. The van der Waals surface area contributed by atoms with Gasteiger partial charge in [0.05, 0.1) is 17.1 Å². The number of aromatic nitrogens is 1. The summed E-state index contributed by atoms with van der Waals surface area (Å²) in [6.45, 7) is 7.05. The van der Waals surface area contributed by atoms with E-state index in [1.807, 2.05) is 11.8 Å². The summed E-state index contributed by atoms with van der Waals surface area (Å²) in [6.07, 6.45) is 0. The number of carbonyl (C=O) groups excluding carboxylic acids is 1. The topological polar surface area (TPSA) is 62.5 Å². The van der Waals surface area contributed by atoms with Crippen LogP contribution in [0.1, 0.15) is 20.9 Å². The molecule has 1 saturated heterocycles. The van der Waals surface area contributed by atoms with Crippen LogP contribution in [-0.4, -0.2) is 36.5 Å². The molecule has 1 aliphatic rings. The fourth-order valence-electron chi connectivity index (χ4n) is 3.01. The van der Waals surface area contributed by atoms with Crippen molar-refractivity contribution in [2.75, 3.05) is 36.0 Å². The minimum Gasteiger partial charge on any atom is -0.366 e. The Labute approximate surface area is 138 Å². The third-order valence-electron chi connectivity index (χ3n) is 4.16. The molecule has 5 nitrogen and oxygen atoms in total. The van der Waals surface area contributed by atoms with Gasteiger partial charge in [0.1, 0.15) is 5.82 Å². The first-order chi connectivity index (χ1) is 11.0. The van der Waals surface area contributed by atoms with Gasteiger partial charge in [-0.1, -0.05) is 0 Å². The maximum Gasteiger partial charge on any atom is 0.248 e. The highest BCUT2D eigenvalue weighted by atomic mass is 32.1. The number of amides is 1. The lowest BCUT2D eigenvalue weighted by Crippen LogP contribution is -2.47. The Balaban J connectivity index is 1.77. The van der Waals surface area contributed by atoms with Crippen molar-refractivity contribution in [3.63, 3.8) is 0 Å².